The molecule has 0 bridgehead atoms. The summed E-state index contributed by atoms with van der Waals surface area (Å²) in [6.45, 7) is 3.02. The minimum Gasteiger partial charge on any atom is -0.465 e. The Bertz CT molecular complexity index is 353. The van der Waals surface area contributed by atoms with Gasteiger partial charge in [-0.15, -0.1) is 0 Å². The van der Waals surface area contributed by atoms with Gasteiger partial charge in [0.05, 0.1) is 0 Å². The highest BCUT2D eigenvalue weighted by molar-refractivity contribution is 5.65. The van der Waals surface area contributed by atoms with E-state index in [0.29, 0.717) is 18.8 Å². The number of carboxylic acid groups (broad SMARTS) is 1. The largest absolute Gasteiger partial charge is 0.465 e. The third-order valence-electron chi connectivity index (χ3n) is 2.38. The highest BCUT2D eigenvalue weighted by Gasteiger charge is 2.11. The molecule has 0 aliphatic carbocycles. The second-order valence-electron chi connectivity index (χ2n) is 3.80. The van der Waals surface area contributed by atoms with Crippen LogP contribution in [-0.4, -0.2) is 22.6 Å². The standard InChI is InChI=1S/C12H18N2O2/c1-2-3-7-14(12(15)16)9-10-5-4-6-11(13)8-10/h4-6,8H,2-3,7,9,13H2,1H3,(H,15,16). The molecule has 0 saturated carbocycles. The van der Waals surface area contributed by atoms with E-state index in [1.807, 2.05) is 25.1 Å². The molecule has 3 N–H and O–H groups in total. The van der Waals surface area contributed by atoms with E-state index in [-0.39, 0.29) is 0 Å². The van der Waals surface area contributed by atoms with Crippen molar-refractivity contribution in [2.45, 2.75) is 26.3 Å². The van der Waals surface area contributed by atoms with Crippen LogP contribution in [0.1, 0.15) is 25.3 Å². The normalized spacial score (nSPS) is 10.1. The van der Waals surface area contributed by atoms with Gasteiger partial charge in [-0.2, -0.15) is 0 Å². The maximum absolute atomic E-state index is 11.0. The first-order valence-corrected chi connectivity index (χ1v) is 5.45. The molecule has 0 heterocycles. The molecule has 0 radical (unpaired) electrons. The molecule has 0 spiro atoms. The maximum atomic E-state index is 11.0. The minimum atomic E-state index is -0.879. The molecule has 0 aliphatic rings. The van der Waals surface area contributed by atoms with Crippen LogP contribution in [0, 0.1) is 0 Å². The second-order valence-corrected chi connectivity index (χ2v) is 3.80. The van der Waals surface area contributed by atoms with Crippen molar-refractivity contribution in [1.82, 2.24) is 4.90 Å². The first-order chi connectivity index (χ1) is 7.63. The molecule has 0 unspecified atom stereocenters. The summed E-state index contributed by atoms with van der Waals surface area (Å²) in [5.74, 6) is 0. The van der Waals surface area contributed by atoms with Gasteiger partial charge in [-0.3, -0.25) is 0 Å². The number of amides is 1. The third kappa shape index (κ3) is 3.81. The van der Waals surface area contributed by atoms with Gasteiger partial charge in [-0.1, -0.05) is 25.5 Å². The number of nitrogen functional groups attached to an aromatic ring is 1. The van der Waals surface area contributed by atoms with Crippen molar-refractivity contribution in [1.29, 1.82) is 0 Å². The zero-order chi connectivity index (χ0) is 12.0. The molecule has 4 nitrogen and oxygen atoms in total. The summed E-state index contributed by atoms with van der Waals surface area (Å²) < 4.78 is 0. The molecular formula is C12H18N2O2. The number of unbranched alkanes of at least 4 members (excludes halogenated alkanes) is 1. The molecule has 1 amide bonds. The average Bonchev–Trinajstić information content (AvgIpc) is 2.24. The predicted octanol–water partition coefficient (Wildman–Crippen LogP) is 2.55. The second kappa shape index (κ2) is 6.00. The van der Waals surface area contributed by atoms with Crippen LogP contribution in [0.2, 0.25) is 0 Å². The van der Waals surface area contributed by atoms with E-state index in [0.717, 1.165) is 18.4 Å². The monoisotopic (exact) mass is 222 g/mol. The zero-order valence-electron chi connectivity index (χ0n) is 9.52. The first kappa shape index (κ1) is 12.4. The number of carbonyl (C=O) groups is 1. The number of hydrogen-bond acceptors (Lipinski definition) is 2. The first-order valence-electron chi connectivity index (χ1n) is 5.45. The number of anilines is 1. The van der Waals surface area contributed by atoms with Crippen LogP contribution in [0.5, 0.6) is 0 Å². The van der Waals surface area contributed by atoms with Gasteiger partial charge in [0.1, 0.15) is 0 Å². The van der Waals surface area contributed by atoms with Gasteiger partial charge in [0.15, 0.2) is 0 Å². The number of nitrogens with two attached hydrogens (primary N) is 1. The van der Waals surface area contributed by atoms with E-state index >= 15 is 0 Å². The van der Waals surface area contributed by atoms with E-state index in [1.54, 1.807) is 6.07 Å². The topological polar surface area (TPSA) is 66.6 Å². The minimum absolute atomic E-state index is 0.403. The van der Waals surface area contributed by atoms with Crippen molar-refractivity contribution in [3.05, 3.63) is 29.8 Å². The van der Waals surface area contributed by atoms with Gasteiger partial charge >= 0.3 is 6.09 Å². The quantitative estimate of drug-likeness (QED) is 0.752. The summed E-state index contributed by atoms with van der Waals surface area (Å²) in [4.78, 5) is 12.4. The molecule has 88 valence electrons. The van der Waals surface area contributed by atoms with Crippen molar-refractivity contribution in [2.75, 3.05) is 12.3 Å². The summed E-state index contributed by atoms with van der Waals surface area (Å²) in [5, 5.41) is 9.03. The molecular weight excluding hydrogens is 204 g/mol. The van der Waals surface area contributed by atoms with Gasteiger partial charge in [-0.05, 0) is 24.1 Å². The van der Waals surface area contributed by atoms with Crippen molar-refractivity contribution < 1.29 is 9.90 Å². The Hall–Kier alpha value is -1.71. The van der Waals surface area contributed by atoms with Gasteiger partial charge in [0.2, 0.25) is 0 Å². The molecule has 1 aromatic rings. The smallest absolute Gasteiger partial charge is 0.407 e. The Morgan fingerprint density at radius 2 is 2.25 bits per heavy atom. The molecule has 0 aromatic heterocycles. The lowest BCUT2D eigenvalue weighted by molar-refractivity contribution is 0.141. The SMILES string of the molecule is CCCCN(Cc1cccc(N)c1)C(=O)O. The fraction of sp³-hybridized carbons (Fsp3) is 0.417. The molecule has 0 aliphatic heterocycles. The molecule has 1 rings (SSSR count). The number of rotatable bonds is 5. The highest BCUT2D eigenvalue weighted by atomic mass is 16.4. The zero-order valence-corrected chi connectivity index (χ0v) is 9.52. The predicted molar refractivity (Wildman–Crippen MR) is 64.2 cm³/mol. The Morgan fingerprint density at radius 1 is 1.50 bits per heavy atom. The molecule has 1 aromatic carbocycles. The summed E-state index contributed by atoms with van der Waals surface area (Å²) in [5.41, 5.74) is 7.24. The van der Waals surface area contributed by atoms with Gasteiger partial charge in [0, 0.05) is 18.8 Å². The van der Waals surface area contributed by atoms with Crippen LogP contribution >= 0.6 is 0 Å². The Morgan fingerprint density at radius 3 is 2.81 bits per heavy atom. The lowest BCUT2D eigenvalue weighted by Gasteiger charge is -2.19. The number of benzene rings is 1. The van der Waals surface area contributed by atoms with Gasteiger partial charge in [0.25, 0.3) is 0 Å². The van der Waals surface area contributed by atoms with Crippen molar-refractivity contribution >= 4 is 11.8 Å². The number of nitrogens with zero attached hydrogens (tertiary/aromatic N) is 1. The summed E-state index contributed by atoms with van der Waals surface area (Å²) in [7, 11) is 0. The average molecular weight is 222 g/mol. The van der Waals surface area contributed by atoms with Crippen molar-refractivity contribution in [3.8, 4) is 0 Å². The molecule has 4 heteroatoms. The van der Waals surface area contributed by atoms with E-state index in [2.05, 4.69) is 0 Å². The van der Waals surface area contributed by atoms with Crippen molar-refractivity contribution in [3.63, 3.8) is 0 Å². The van der Waals surface area contributed by atoms with Crippen LogP contribution in [-0.2, 0) is 6.54 Å². The van der Waals surface area contributed by atoms with Crippen LogP contribution in [0.25, 0.3) is 0 Å². The van der Waals surface area contributed by atoms with Crippen molar-refractivity contribution in [2.24, 2.45) is 0 Å². The molecule has 0 saturated heterocycles. The Kier molecular flexibility index (Phi) is 4.64. The van der Waals surface area contributed by atoms with E-state index in [4.69, 9.17) is 10.8 Å². The number of hydrogen-bond donors (Lipinski definition) is 2. The lowest BCUT2D eigenvalue weighted by Crippen LogP contribution is -2.29. The van der Waals surface area contributed by atoms with Crippen LogP contribution in [0.15, 0.2) is 24.3 Å². The Balaban J connectivity index is 2.64. The van der Waals surface area contributed by atoms with E-state index in [9.17, 15) is 4.79 Å². The summed E-state index contributed by atoms with van der Waals surface area (Å²) in [6.07, 6.45) is 0.992. The van der Waals surface area contributed by atoms with Crippen LogP contribution < -0.4 is 5.73 Å². The molecule has 0 fully saturated rings. The maximum Gasteiger partial charge on any atom is 0.407 e. The van der Waals surface area contributed by atoms with Gasteiger partial charge < -0.3 is 15.7 Å². The fourth-order valence-corrected chi connectivity index (χ4v) is 1.50. The van der Waals surface area contributed by atoms with Crippen LogP contribution in [0.3, 0.4) is 0 Å². The third-order valence-corrected chi connectivity index (χ3v) is 2.38. The molecule has 16 heavy (non-hydrogen) atoms. The van der Waals surface area contributed by atoms with Gasteiger partial charge in [-0.25, -0.2) is 4.79 Å². The van der Waals surface area contributed by atoms with Crippen LogP contribution in [0.4, 0.5) is 10.5 Å². The van der Waals surface area contributed by atoms with E-state index in [1.165, 1.54) is 4.90 Å². The summed E-state index contributed by atoms with van der Waals surface area (Å²) >= 11 is 0. The highest BCUT2D eigenvalue weighted by Crippen LogP contribution is 2.10. The summed E-state index contributed by atoms with van der Waals surface area (Å²) in [6, 6.07) is 7.32. The molecule has 0 atom stereocenters. The lowest BCUT2D eigenvalue weighted by atomic mass is 10.2. The Labute approximate surface area is 95.7 Å². The fourth-order valence-electron chi connectivity index (χ4n) is 1.50. The van der Waals surface area contributed by atoms with E-state index < -0.39 is 6.09 Å².